The third-order valence-electron chi connectivity index (χ3n) is 10.8. The Morgan fingerprint density at radius 1 is 0.595 bits per heavy atom. The summed E-state index contributed by atoms with van der Waals surface area (Å²) >= 11 is 2.29. The monoisotopic (exact) mass is 831 g/mol. The van der Waals surface area contributed by atoms with Crippen molar-refractivity contribution >= 4 is 17.5 Å². The van der Waals surface area contributed by atoms with Gasteiger partial charge in [-0.05, 0) is 25.7 Å². The summed E-state index contributed by atoms with van der Waals surface area (Å²) in [6.07, 6.45) is 32.8. The SMILES string of the molecule is CCCCCCCCCCCC[N+]1(C)CCC2(CC1)N=C1CC[N+](C)(CCCCCCCCCCCC)CC1S2.[I-].[I-]. The van der Waals surface area contributed by atoms with Gasteiger partial charge in [-0.15, -0.1) is 11.8 Å². The molecule has 2 fully saturated rings. The molecule has 3 rings (SSSR count). The summed E-state index contributed by atoms with van der Waals surface area (Å²) in [7, 11) is 5.10. The summed E-state index contributed by atoms with van der Waals surface area (Å²) in [5, 5.41) is 0.709. The van der Waals surface area contributed by atoms with E-state index in [2.05, 4.69) is 39.7 Å². The van der Waals surface area contributed by atoms with Gasteiger partial charge in [0.15, 0.2) is 0 Å². The Morgan fingerprint density at radius 3 is 1.45 bits per heavy atom. The highest BCUT2D eigenvalue weighted by molar-refractivity contribution is 8.02. The standard InChI is InChI=1S/C36H71N3S.2HI/c1-5-7-9-11-13-15-17-19-21-23-28-38(3)31-26-36(27-32-38)37-34-25-30-39(4,33-35(34)40-36)29-24-22-20-18-16-14-12-10-8-6-2;;/h35H,5-33H2,1-4H3;2*1H/q+2;;/p-2. The van der Waals surface area contributed by atoms with Crippen LogP contribution in [-0.2, 0) is 0 Å². The third kappa shape index (κ3) is 15.3. The molecule has 0 amide bonds. The number of rotatable bonds is 22. The van der Waals surface area contributed by atoms with Crippen LogP contribution in [0.2, 0.25) is 0 Å². The van der Waals surface area contributed by atoms with Crippen LogP contribution in [0.4, 0.5) is 0 Å². The van der Waals surface area contributed by atoms with E-state index in [0.717, 1.165) is 0 Å². The second kappa shape index (κ2) is 22.8. The lowest BCUT2D eigenvalue weighted by atomic mass is 10.00. The summed E-state index contributed by atoms with van der Waals surface area (Å²) in [6, 6.07) is 0. The van der Waals surface area contributed by atoms with Crippen molar-refractivity contribution < 1.29 is 56.9 Å². The predicted molar refractivity (Wildman–Crippen MR) is 181 cm³/mol. The summed E-state index contributed by atoms with van der Waals surface area (Å²) in [6.45, 7) is 12.8. The lowest BCUT2D eigenvalue weighted by molar-refractivity contribution is -0.914. The van der Waals surface area contributed by atoms with Gasteiger partial charge < -0.3 is 56.9 Å². The molecule has 250 valence electrons. The molecule has 0 bridgehead atoms. The van der Waals surface area contributed by atoms with Gasteiger partial charge in [0.05, 0.1) is 58.6 Å². The summed E-state index contributed by atoms with van der Waals surface area (Å²) in [4.78, 5) is 5.74. The zero-order valence-electron chi connectivity index (χ0n) is 28.6. The molecule has 0 N–H and O–H groups in total. The first-order chi connectivity index (χ1) is 19.4. The fourth-order valence-electron chi connectivity index (χ4n) is 7.67. The highest BCUT2D eigenvalue weighted by Gasteiger charge is 2.50. The number of hydrogen-bond donors (Lipinski definition) is 0. The zero-order valence-corrected chi connectivity index (χ0v) is 33.7. The van der Waals surface area contributed by atoms with Crippen LogP contribution in [0, 0.1) is 0 Å². The van der Waals surface area contributed by atoms with Crippen molar-refractivity contribution in [1.29, 1.82) is 0 Å². The van der Waals surface area contributed by atoms with Crippen molar-refractivity contribution in [2.45, 2.75) is 172 Å². The molecule has 3 heterocycles. The molecule has 0 aliphatic carbocycles. The van der Waals surface area contributed by atoms with E-state index >= 15 is 0 Å². The summed E-state index contributed by atoms with van der Waals surface area (Å²) < 4.78 is 2.61. The molecule has 0 aromatic rings. The van der Waals surface area contributed by atoms with Crippen LogP contribution in [0.25, 0.3) is 0 Å². The first-order valence-electron chi connectivity index (χ1n) is 18.4. The Kier molecular flexibility index (Phi) is 22.5. The van der Waals surface area contributed by atoms with Gasteiger partial charge in [0.25, 0.3) is 0 Å². The van der Waals surface area contributed by atoms with Crippen molar-refractivity contribution in [3.8, 4) is 0 Å². The van der Waals surface area contributed by atoms with Gasteiger partial charge in [-0.3, -0.25) is 4.99 Å². The Balaban J connectivity index is 0.00000441. The van der Waals surface area contributed by atoms with E-state index < -0.39 is 0 Å². The number of aliphatic imine (C=N–C) groups is 1. The molecule has 2 atom stereocenters. The average Bonchev–Trinajstić information content (AvgIpc) is 3.30. The van der Waals surface area contributed by atoms with Crippen molar-refractivity contribution in [2.75, 3.05) is 53.4 Å². The molecule has 3 aliphatic heterocycles. The number of fused-ring (bicyclic) bond motifs is 1. The maximum absolute atomic E-state index is 5.51. The number of piperidine rings is 2. The van der Waals surface area contributed by atoms with Gasteiger partial charge in [0.1, 0.15) is 4.87 Å². The Bertz CT molecular complexity index is 710. The van der Waals surface area contributed by atoms with E-state index in [-0.39, 0.29) is 52.8 Å². The normalized spacial score (nSPS) is 28.7. The van der Waals surface area contributed by atoms with Crippen molar-refractivity contribution in [2.24, 2.45) is 4.99 Å². The molecule has 2 unspecified atom stereocenters. The van der Waals surface area contributed by atoms with E-state index in [9.17, 15) is 0 Å². The van der Waals surface area contributed by atoms with Crippen LogP contribution < -0.4 is 48.0 Å². The van der Waals surface area contributed by atoms with Gasteiger partial charge in [0, 0.05) is 25.0 Å². The minimum atomic E-state index is 0. The Labute approximate surface area is 302 Å². The maximum atomic E-state index is 5.51. The van der Waals surface area contributed by atoms with E-state index in [1.54, 1.807) is 5.71 Å². The minimum Gasteiger partial charge on any atom is -1.00 e. The van der Waals surface area contributed by atoms with Crippen LogP contribution in [0.5, 0.6) is 0 Å². The zero-order chi connectivity index (χ0) is 28.6. The van der Waals surface area contributed by atoms with Gasteiger partial charge in [-0.2, -0.15) is 0 Å². The number of quaternary nitrogens is 2. The molecule has 3 nitrogen and oxygen atoms in total. The van der Waals surface area contributed by atoms with Crippen LogP contribution in [0.1, 0.15) is 162 Å². The number of nitrogens with zero attached hydrogens (tertiary/aromatic N) is 3. The first kappa shape index (κ1) is 41.4. The molecule has 6 heteroatoms. The van der Waals surface area contributed by atoms with E-state index in [4.69, 9.17) is 4.99 Å². The van der Waals surface area contributed by atoms with Gasteiger partial charge in [0.2, 0.25) is 0 Å². The van der Waals surface area contributed by atoms with Crippen LogP contribution in [0.15, 0.2) is 4.99 Å². The molecule has 1 spiro atoms. The van der Waals surface area contributed by atoms with Gasteiger partial charge in [-0.25, -0.2) is 0 Å². The van der Waals surface area contributed by atoms with Crippen molar-refractivity contribution in [1.82, 2.24) is 0 Å². The molecule has 0 radical (unpaired) electrons. The average molecular weight is 832 g/mol. The first-order valence-corrected chi connectivity index (χ1v) is 19.2. The van der Waals surface area contributed by atoms with Crippen LogP contribution >= 0.6 is 11.8 Å². The van der Waals surface area contributed by atoms with E-state index in [0.29, 0.717) is 5.25 Å². The molecule has 0 aromatic heterocycles. The van der Waals surface area contributed by atoms with Crippen LogP contribution in [-0.4, -0.2) is 78.2 Å². The highest BCUT2D eigenvalue weighted by atomic mass is 127. The van der Waals surface area contributed by atoms with Crippen molar-refractivity contribution in [3.63, 3.8) is 0 Å². The molecule has 2 saturated heterocycles. The van der Waals surface area contributed by atoms with Crippen LogP contribution in [0.3, 0.4) is 0 Å². The molecule has 42 heavy (non-hydrogen) atoms. The lowest BCUT2D eigenvalue weighted by Crippen LogP contribution is -3.00. The molecule has 3 aliphatic rings. The molecular weight excluding hydrogens is 760 g/mol. The van der Waals surface area contributed by atoms with Gasteiger partial charge >= 0.3 is 0 Å². The molecular formula is C36H71I2N3S. The van der Waals surface area contributed by atoms with E-state index in [1.807, 2.05) is 0 Å². The summed E-state index contributed by atoms with van der Waals surface area (Å²) in [5.41, 5.74) is 1.59. The van der Waals surface area contributed by atoms with Gasteiger partial charge in [-0.1, -0.05) is 117 Å². The fourth-order valence-corrected chi connectivity index (χ4v) is 9.53. The molecule has 0 saturated carbocycles. The quantitative estimate of drug-likeness (QED) is 0.0908. The number of halogens is 2. The highest BCUT2D eigenvalue weighted by Crippen LogP contribution is 2.48. The third-order valence-corrected chi connectivity index (χ3v) is 12.4. The largest absolute Gasteiger partial charge is 1.00 e. The Hall–Kier alpha value is 1.40. The number of unbranched alkanes of at least 4 members (excludes halogenated alkanes) is 18. The fraction of sp³-hybridized carbons (Fsp3) is 0.972. The van der Waals surface area contributed by atoms with Crippen molar-refractivity contribution in [3.05, 3.63) is 0 Å². The number of thioether (sulfide) groups is 1. The topological polar surface area (TPSA) is 12.4 Å². The second-order valence-electron chi connectivity index (χ2n) is 14.8. The maximum Gasteiger partial charge on any atom is 0.117 e. The van der Waals surface area contributed by atoms with E-state index in [1.165, 1.54) is 196 Å². The number of hydrogen-bond acceptors (Lipinski definition) is 2. The second-order valence-corrected chi connectivity index (χ2v) is 16.4. The predicted octanol–water partition coefficient (Wildman–Crippen LogP) is 4.18. The summed E-state index contributed by atoms with van der Waals surface area (Å²) in [5.74, 6) is 0. The number of likely N-dealkylation sites (tertiary alicyclic amines) is 2. The Morgan fingerprint density at radius 2 is 1.00 bits per heavy atom. The minimum absolute atomic E-state index is 0. The smallest absolute Gasteiger partial charge is 0.117 e. The molecule has 0 aromatic carbocycles. The lowest BCUT2D eigenvalue weighted by Gasteiger charge is -2.44.